The highest BCUT2D eigenvalue weighted by atomic mass is 79.9. The first-order valence-corrected chi connectivity index (χ1v) is 7.86. The Labute approximate surface area is 143 Å². The number of ether oxygens (including phenoxy) is 2. The second-order valence-corrected chi connectivity index (χ2v) is 5.81. The summed E-state index contributed by atoms with van der Waals surface area (Å²) in [6.45, 7) is 2.59. The summed E-state index contributed by atoms with van der Waals surface area (Å²) in [4.78, 5) is 12.0. The van der Waals surface area contributed by atoms with E-state index in [0.717, 1.165) is 4.47 Å². The number of halogens is 3. The summed E-state index contributed by atoms with van der Waals surface area (Å²) < 4.78 is 12.3. The molecule has 0 amide bonds. The molecule has 0 aliphatic rings. The van der Waals surface area contributed by atoms with Gasteiger partial charge in [0.1, 0.15) is 11.5 Å². The molecule has 0 atom stereocenters. The van der Waals surface area contributed by atoms with Crippen LogP contribution in [-0.4, -0.2) is 28.6 Å². The van der Waals surface area contributed by atoms with Gasteiger partial charge >= 0.3 is 6.01 Å². The molecule has 0 radical (unpaired) electrons. The molecule has 6 nitrogen and oxygen atoms in total. The number of nitrogens with zero attached hydrogens (tertiary/aromatic N) is 3. The minimum Gasteiger partial charge on any atom is -0.496 e. The number of aromatic nitrogens is 3. The van der Waals surface area contributed by atoms with E-state index in [0.29, 0.717) is 28.5 Å². The standard InChI is InChI=1S/C12H11Br2ClN4O2/c1-3-16-11-17-10(15)18-12(19-11)21-9-5-6(13)8(20-2)4-7(9)14/h4-5H,3H2,1-2H3,(H,16,17,18,19). The molecule has 1 aromatic carbocycles. The highest BCUT2D eigenvalue weighted by molar-refractivity contribution is 9.11. The lowest BCUT2D eigenvalue weighted by Crippen LogP contribution is -2.05. The molecule has 0 unspecified atom stereocenters. The smallest absolute Gasteiger partial charge is 0.328 e. The van der Waals surface area contributed by atoms with Crippen molar-refractivity contribution >= 4 is 49.4 Å². The molecule has 0 aliphatic heterocycles. The van der Waals surface area contributed by atoms with Crippen LogP contribution >= 0.6 is 43.5 Å². The zero-order valence-electron chi connectivity index (χ0n) is 11.2. The lowest BCUT2D eigenvalue weighted by atomic mass is 10.3. The third-order valence-corrected chi connectivity index (χ3v) is 3.74. The van der Waals surface area contributed by atoms with Crippen molar-refractivity contribution in [1.82, 2.24) is 15.0 Å². The molecular formula is C12H11Br2ClN4O2. The predicted molar refractivity (Wildman–Crippen MR) is 87.5 cm³/mol. The van der Waals surface area contributed by atoms with E-state index < -0.39 is 0 Å². The van der Waals surface area contributed by atoms with Crippen LogP contribution in [0.25, 0.3) is 0 Å². The van der Waals surface area contributed by atoms with E-state index in [9.17, 15) is 0 Å². The molecule has 0 aliphatic carbocycles. The van der Waals surface area contributed by atoms with Crippen molar-refractivity contribution < 1.29 is 9.47 Å². The van der Waals surface area contributed by atoms with Crippen molar-refractivity contribution in [3.8, 4) is 17.5 Å². The maximum atomic E-state index is 5.85. The Balaban J connectivity index is 2.31. The molecule has 9 heteroatoms. The summed E-state index contributed by atoms with van der Waals surface area (Å²) in [5, 5.41) is 3.01. The summed E-state index contributed by atoms with van der Waals surface area (Å²) in [7, 11) is 1.58. The molecule has 1 heterocycles. The highest BCUT2D eigenvalue weighted by Gasteiger charge is 2.12. The number of hydrogen-bond acceptors (Lipinski definition) is 6. The monoisotopic (exact) mass is 436 g/mol. The molecule has 1 N–H and O–H groups in total. The number of rotatable bonds is 5. The average molecular weight is 439 g/mol. The van der Waals surface area contributed by atoms with Crippen molar-refractivity contribution in [3.63, 3.8) is 0 Å². The lowest BCUT2D eigenvalue weighted by molar-refractivity contribution is 0.406. The third kappa shape index (κ3) is 4.18. The molecule has 0 saturated heterocycles. The van der Waals surface area contributed by atoms with E-state index in [-0.39, 0.29) is 11.3 Å². The van der Waals surface area contributed by atoms with Gasteiger partial charge in [-0.1, -0.05) is 0 Å². The number of nitrogens with one attached hydrogen (secondary N) is 1. The van der Waals surface area contributed by atoms with Crippen LogP contribution in [-0.2, 0) is 0 Å². The molecule has 0 bridgehead atoms. The van der Waals surface area contributed by atoms with Gasteiger partial charge in [-0.15, -0.1) is 0 Å². The molecule has 2 aromatic rings. The van der Waals surface area contributed by atoms with Crippen molar-refractivity contribution in [2.45, 2.75) is 6.92 Å². The summed E-state index contributed by atoms with van der Waals surface area (Å²) in [6.07, 6.45) is 0. The summed E-state index contributed by atoms with van der Waals surface area (Å²) in [5.74, 6) is 1.56. The van der Waals surface area contributed by atoms with Crippen molar-refractivity contribution in [2.75, 3.05) is 19.0 Å². The van der Waals surface area contributed by atoms with Crippen molar-refractivity contribution in [2.24, 2.45) is 0 Å². The van der Waals surface area contributed by atoms with Crippen molar-refractivity contribution in [1.29, 1.82) is 0 Å². The maximum absolute atomic E-state index is 5.85. The van der Waals surface area contributed by atoms with Gasteiger partial charge in [-0.05, 0) is 56.5 Å². The zero-order chi connectivity index (χ0) is 15.4. The van der Waals surface area contributed by atoms with Crippen LogP contribution in [0.2, 0.25) is 5.28 Å². The van der Waals surface area contributed by atoms with E-state index in [1.165, 1.54) is 0 Å². The van der Waals surface area contributed by atoms with Crippen LogP contribution < -0.4 is 14.8 Å². The fraction of sp³-hybridized carbons (Fsp3) is 0.250. The zero-order valence-corrected chi connectivity index (χ0v) is 15.1. The van der Waals surface area contributed by atoms with E-state index in [2.05, 4.69) is 52.1 Å². The van der Waals surface area contributed by atoms with Gasteiger partial charge in [0.05, 0.1) is 16.1 Å². The summed E-state index contributed by atoms with van der Waals surface area (Å²) in [5.41, 5.74) is 0. The van der Waals surface area contributed by atoms with E-state index in [1.54, 1.807) is 19.2 Å². The topological polar surface area (TPSA) is 69.2 Å². The molecule has 0 saturated carbocycles. The van der Waals surface area contributed by atoms with Gasteiger partial charge < -0.3 is 14.8 Å². The van der Waals surface area contributed by atoms with Gasteiger partial charge in [-0.2, -0.15) is 15.0 Å². The number of methoxy groups -OCH3 is 1. The van der Waals surface area contributed by atoms with Gasteiger partial charge in [0.2, 0.25) is 11.2 Å². The maximum Gasteiger partial charge on any atom is 0.328 e. The SMILES string of the molecule is CCNc1nc(Cl)nc(Oc2cc(Br)c(OC)cc2Br)n1. The van der Waals surface area contributed by atoms with Crippen LogP contribution in [0.1, 0.15) is 6.92 Å². The number of benzene rings is 1. The Morgan fingerprint density at radius 3 is 2.48 bits per heavy atom. The Hall–Kier alpha value is -1.12. The van der Waals surface area contributed by atoms with Crippen LogP contribution in [0.5, 0.6) is 17.5 Å². The Morgan fingerprint density at radius 2 is 1.81 bits per heavy atom. The minimum atomic E-state index is 0.0552. The van der Waals surface area contributed by atoms with Crippen LogP contribution in [0.15, 0.2) is 21.1 Å². The lowest BCUT2D eigenvalue weighted by Gasteiger charge is -2.10. The van der Waals surface area contributed by atoms with Crippen molar-refractivity contribution in [3.05, 3.63) is 26.4 Å². The molecule has 21 heavy (non-hydrogen) atoms. The largest absolute Gasteiger partial charge is 0.496 e. The summed E-state index contributed by atoms with van der Waals surface area (Å²) in [6, 6.07) is 3.62. The predicted octanol–water partition coefficient (Wildman–Crippen LogP) is 4.28. The second-order valence-electron chi connectivity index (χ2n) is 3.76. The summed E-state index contributed by atoms with van der Waals surface area (Å²) >= 11 is 12.6. The van der Waals surface area contributed by atoms with Gasteiger partial charge in [0, 0.05) is 12.6 Å². The van der Waals surface area contributed by atoms with Crippen LogP contribution in [0.3, 0.4) is 0 Å². The Kier molecular flexibility index (Phi) is 5.60. The minimum absolute atomic E-state index is 0.0552. The van der Waals surface area contributed by atoms with Gasteiger partial charge in [0.15, 0.2) is 0 Å². The van der Waals surface area contributed by atoms with Gasteiger partial charge in [0.25, 0.3) is 0 Å². The van der Waals surface area contributed by atoms with Crippen LogP contribution in [0.4, 0.5) is 5.95 Å². The Bertz CT molecular complexity index is 657. The second kappa shape index (κ2) is 7.24. The Morgan fingerprint density at radius 1 is 1.14 bits per heavy atom. The van der Waals surface area contributed by atoms with Gasteiger partial charge in [-0.3, -0.25) is 0 Å². The number of hydrogen-bond donors (Lipinski definition) is 1. The van der Waals surface area contributed by atoms with Crippen LogP contribution in [0, 0.1) is 0 Å². The average Bonchev–Trinajstić information content (AvgIpc) is 2.42. The fourth-order valence-corrected chi connectivity index (χ4v) is 2.50. The first-order valence-electron chi connectivity index (χ1n) is 5.89. The molecule has 0 fully saturated rings. The highest BCUT2D eigenvalue weighted by Crippen LogP contribution is 2.37. The first kappa shape index (κ1) is 16.3. The quantitative estimate of drug-likeness (QED) is 0.751. The van der Waals surface area contributed by atoms with E-state index in [1.807, 2.05) is 6.92 Å². The third-order valence-electron chi connectivity index (χ3n) is 2.33. The molecular weight excluding hydrogens is 427 g/mol. The molecule has 112 valence electrons. The van der Waals surface area contributed by atoms with Gasteiger partial charge in [-0.25, -0.2) is 0 Å². The first-order chi connectivity index (χ1) is 10.0. The number of anilines is 1. The molecule has 0 spiro atoms. The fourth-order valence-electron chi connectivity index (χ4n) is 1.46. The molecule has 1 aromatic heterocycles. The van der Waals surface area contributed by atoms with E-state index in [4.69, 9.17) is 21.1 Å². The normalized spacial score (nSPS) is 10.3. The molecule has 2 rings (SSSR count). The van der Waals surface area contributed by atoms with E-state index >= 15 is 0 Å².